The molecule has 0 spiro atoms. The molecular weight excluding hydrogens is 151 g/mol. The third kappa shape index (κ3) is 6.03. The number of carboxylic acid groups (broad SMARTS) is 2. The van der Waals surface area contributed by atoms with Crippen molar-refractivity contribution < 1.29 is 54.5 Å². The van der Waals surface area contributed by atoms with E-state index in [0.29, 0.717) is 0 Å². The van der Waals surface area contributed by atoms with E-state index in [1.165, 1.54) is 0 Å². The first-order valence-corrected chi connectivity index (χ1v) is 2.14. The van der Waals surface area contributed by atoms with Crippen LogP contribution in [0.3, 0.4) is 0 Å². The van der Waals surface area contributed by atoms with Gasteiger partial charge in [0.2, 0.25) is 0 Å². The molecule has 10 heavy (non-hydrogen) atoms. The molecule has 5 nitrogen and oxygen atoms in total. The van der Waals surface area contributed by atoms with Gasteiger partial charge < -0.3 is 20.1 Å². The van der Waals surface area contributed by atoms with Crippen molar-refractivity contribution in [3.8, 4) is 0 Å². The second kappa shape index (κ2) is 5.67. The van der Waals surface area contributed by atoms with Crippen molar-refractivity contribution in [2.75, 3.05) is 0 Å². The Morgan fingerprint density at radius 1 is 1.50 bits per heavy atom. The molecule has 0 rings (SSSR count). The van der Waals surface area contributed by atoms with Crippen LogP contribution >= 0.6 is 0 Å². The van der Waals surface area contributed by atoms with E-state index in [1.807, 2.05) is 0 Å². The summed E-state index contributed by atoms with van der Waals surface area (Å²) in [7, 11) is 0. The summed E-state index contributed by atoms with van der Waals surface area (Å²) in [6.45, 7) is 0. The minimum atomic E-state index is -1.85. The molecule has 0 saturated carbocycles. The first-order chi connectivity index (χ1) is 4.04. The van der Waals surface area contributed by atoms with E-state index >= 15 is 0 Å². The molecule has 0 bridgehead atoms. The topological polar surface area (TPSA) is 97.7 Å². The SMILES string of the molecule is O=C([O-])C[C@@H](O)C(=O)O.[Na+]. The zero-order valence-electron chi connectivity index (χ0n) is 5.40. The van der Waals surface area contributed by atoms with Crippen LogP contribution in [0.25, 0.3) is 0 Å². The normalized spacial score (nSPS) is 11.3. The van der Waals surface area contributed by atoms with Crippen LogP contribution in [-0.2, 0) is 9.59 Å². The summed E-state index contributed by atoms with van der Waals surface area (Å²) in [6.07, 6.45) is -2.72. The van der Waals surface area contributed by atoms with Gasteiger partial charge in [-0.05, 0) is 0 Å². The van der Waals surface area contributed by atoms with E-state index in [9.17, 15) is 14.7 Å². The third-order valence-electron chi connectivity index (χ3n) is 0.645. The van der Waals surface area contributed by atoms with Gasteiger partial charge in [0.1, 0.15) is 0 Å². The number of aliphatic hydroxyl groups excluding tert-OH is 1. The molecule has 0 fully saturated rings. The van der Waals surface area contributed by atoms with Gasteiger partial charge in [-0.25, -0.2) is 4.79 Å². The molecule has 0 aliphatic heterocycles. The van der Waals surface area contributed by atoms with Crippen LogP contribution < -0.4 is 34.7 Å². The quantitative estimate of drug-likeness (QED) is 0.397. The molecule has 0 aliphatic rings. The maximum absolute atomic E-state index is 9.69. The first-order valence-electron chi connectivity index (χ1n) is 2.14. The Bertz CT molecular complexity index is 134. The molecule has 0 aromatic rings. The first kappa shape index (κ1) is 12.6. The van der Waals surface area contributed by atoms with Crippen LogP contribution in [0, 0.1) is 0 Å². The Morgan fingerprint density at radius 2 is 1.90 bits per heavy atom. The molecule has 52 valence electrons. The van der Waals surface area contributed by atoms with Crippen LogP contribution in [0.1, 0.15) is 6.42 Å². The zero-order valence-corrected chi connectivity index (χ0v) is 7.40. The standard InChI is InChI=1S/C4H6O5.Na/c5-2(4(8)9)1-3(6)7;/h2,5H,1H2,(H,6,7)(H,8,9);/q;+1/p-1/t2-;/m1./s1. The molecule has 0 heterocycles. The zero-order chi connectivity index (χ0) is 7.44. The number of carbonyl (C=O) groups excluding carboxylic acids is 1. The summed E-state index contributed by atoms with van der Waals surface area (Å²) in [5, 5.41) is 25.7. The second-order valence-electron chi connectivity index (χ2n) is 1.43. The minimum Gasteiger partial charge on any atom is -0.550 e. The van der Waals surface area contributed by atoms with Gasteiger partial charge in [0, 0.05) is 12.4 Å². The van der Waals surface area contributed by atoms with Gasteiger partial charge in [-0.2, -0.15) is 0 Å². The van der Waals surface area contributed by atoms with Gasteiger partial charge in [-0.1, -0.05) is 0 Å². The summed E-state index contributed by atoms with van der Waals surface area (Å²) >= 11 is 0. The van der Waals surface area contributed by atoms with Crippen LogP contribution in [0.5, 0.6) is 0 Å². The van der Waals surface area contributed by atoms with Crippen molar-refractivity contribution >= 4 is 11.9 Å². The summed E-state index contributed by atoms with van der Waals surface area (Å²) < 4.78 is 0. The molecule has 1 atom stereocenters. The number of hydrogen-bond donors (Lipinski definition) is 2. The van der Waals surface area contributed by atoms with Crippen LogP contribution in [0.2, 0.25) is 0 Å². The predicted molar refractivity (Wildman–Crippen MR) is 23.3 cm³/mol. The molecule has 0 unspecified atom stereocenters. The Morgan fingerprint density at radius 3 is 2.00 bits per heavy atom. The maximum atomic E-state index is 9.69. The Kier molecular flexibility index (Phi) is 7.12. The fourth-order valence-corrected chi connectivity index (χ4v) is 0.245. The summed E-state index contributed by atoms with van der Waals surface area (Å²) in [6, 6.07) is 0. The van der Waals surface area contributed by atoms with Gasteiger partial charge in [0.05, 0.1) is 0 Å². The minimum absolute atomic E-state index is 0. The fourth-order valence-electron chi connectivity index (χ4n) is 0.245. The van der Waals surface area contributed by atoms with Gasteiger partial charge >= 0.3 is 35.5 Å². The van der Waals surface area contributed by atoms with E-state index in [0.717, 1.165) is 0 Å². The molecule has 6 heteroatoms. The number of aliphatic carboxylic acids is 2. The Labute approximate surface area is 79.0 Å². The van der Waals surface area contributed by atoms with Crippen molar-refractivity contribution in [2.45, 2.75) is 12.5 Å². The van der Waals surface area contributed by atoms with Crippen molar-refractivity contribution in [1.29, 1.82) is 0 Å². The maximum Gasteiger partial charge on any atom is 1.00 e. The molecule has 0 saturated heterocycles. The average molecular weight is 156 g/mol. The van der Waals surface area contributed by atoms with Crippen molar-refractivity contribution in [3.05, 3.63) is 0 Å². The molecule has 2 N–H and O–H groups in total. The largest absolute Gasteiger partial charge is 1.00 e. The van der Waals surface area contributed by atoms with Crippen LogP contribution in [-0.4, -0.2) is 28.3 Å². The number of rotatable bonds is 3. The summed E-state index contributed by atoms with van der Waals surface area (Å²) in [5.74, 6) is -3.14. The predicted octanol–water partition coefficient (Wildman–Crippen LogP) is -5.42. The molecule has 0 amide bonds. The molecule has 0 aromatic carbocycles. The Balaban J connectivity index is 0. The van der Waals surface area contributed by atoms with E-state index in [1.54, 1.807) is 0 Å². The van der Waals surface area contributed by atoms with Crippen molar-refractivity contribution in [1.82, 2.24) is 0 Å². The number of hydrogen-bond acceptors (Lipinski definition) is 4. The summed E-state index contributed by atoms with van der Waals surface area (Å²) in [5.41, 5.74) is 0. The van der Waals surface area contributed by atoms with Crippen LogP contribution in [0.4, 0.5) is 0 Å². The molecule has 0 aliphatic carbocycles. The second-order valence-corrected chi connectivity index (χ2v) is 1.43. The molecular formula is C4H5NaO5. The smallest absolute Gasteiger partial charge is 0.550 e. The van der Waals surface area contributed by atoms with Crippen molar-refractivity contribution in [2.24, 2.45) is 0 Å². The average Bonchev–Trinajstić information content (AvgIpc) is 1.63. The molecule has 0 aromatic heterocycles. The van der Waals surface area contributed by atoms with Crippen molar-refractivity contribution in [3.63, 3.8) is 0 Å². The number of carbonyl (C=O) groups is 2. The van der Waals surface area contributed by atoms with Gasteiger partial charge in [-0.3, -0.25) is 0 Å². The van der Waals surface area contributed by atoms with E-state index in [2.05, 4.69) is 0 Å². The van der Waals surface area contributed by atoms with Gasteiger partial charge in [0.25, 0.3) is 0 Å². The third-order valence-corrected chi connectivity index (χ3v) is 0.645. The van der Waals surface area contributed by atoms with Crippen LogP contribution in [0.15, 0.2) is 0 Å². The van der Waals surface area contributed by atoms with Gasteiger partial charge in [-0.15, -0.1) is 0 Å². The molecule has 0 radical (unpaired) electrons. The van der Waals surface area contributed by atoms with E-state index in [4.69, 9.17) is 10.2 Å². The Hall–Kier alpha value is -0.100. The monoisotopic (exact) mass is 156 g/mol. The fraction of sp³-hybridized carbons (Fsp3) is 0.500. The number of carboxylic acids is 2. The van der Waals surface area contributed by atoms with E-state index < -0.39 is 24.5 Å². The van der Waals surface area contributed by atoms with Gasteiger partial charge in [0.15, 0.2) is 6.10 Å². The van der Waals surface area contributed by atoms with E-state index in [-0.39, 0.29) is 29.6 Å². The summed E-state index contributed by atoms with van der Waals surface area (Å²) in [4.78, 5) is 19.3. The number of aliphatic hydroxyl groups is 1.